The molecule has 0 aromatic heterocycles. The third kappa shape index (κ3) is 2.57. The molecule has 1 nitrogen and oxygen atoms in total. The van der Waals surface area contributed by atoms with Crippen molar-refractivity contribution in [3.05, 3.63) is 11.6 Å². The van der Waals surface area contributed by atoms with Gasteiger partial charge >= 0.3 is 0 Å². The van der Waals surface area contributed by atoms with Gasteiger partial charge in [-0.3, -0.25) is 0 Å². The Kier molecular flexibility index (Phi) is 3.18. The van der Waals surface area contributed by atoms with E-state index in [-0.39, 0.29) is 5.41 Å². The van der Waals surface area contributed by atoms with E-state index in [0.717, 1.165) is 11.8 Å². The fourth-order valence-corrected chi connectivity index (χ4v) is 2.10. The lowest BCUT2D eigenvalue weighted by Crippen LogP contribution is -2.09. The minimum absolute atomic E-state index is 0.245. The average Bonchev–Trinajstić information content (AvgIpc) is 2.75. The number of aliphatic hydroxyl groups is 1. The van der Waals surface area contributed by atoms with Crippen molar-refractivity contribution in [2.75, 3.05) is 6.61 Å². The Labute approximate surface area is 81.9 Å². The summed E-state index contributed by atoms with van der Waals surface area (Å²) >= 11 is 0. The molecule has 1 aliphatic rings. The van der Waals surface area contributed by atoms with Crippen LogP contribution in [0.25, 0.3) is 0 Å². The molecule has 1 fully saturated rings. The van der Waals surface area contributed by atoms with Gasteiger partial charge in [0.25, 0.3) is 0 Å². The number of allylic oxidation sites excluding steroid dienone is 2. The average molecular weight is 182 g/mol. The van der Waals surface area contributed by atoms with Crippen LogP contribution in [0.2, 0.25) is 0 Å². The lowest BCUT2D eigenvalue weighted by Gasteiger charge is -2.12. The van der Waals surface area contributed by atoms with E-state index in [1.165, 1.54) is 18.4 Å². The molecular weight excluding hydrogens is 160 g/mol. The highest BCUT2D eigenvalue weighted by molar-refractivity contribution is 5.03. The second kappa shape index (κ2) is 3.83. The van der Waals surface area contributed by atoms with Crippen molar-refractivity contribution in [3.8, 4) is 0 Å². The van der Waals surface area contributed by atoms with Crippen molar-refractivity contribution in [3.63, 3.8) is 0 Å². The van der Waals surface area contributed by atoms with Gasteiger partial charge < -0.3 is 5.11 Å². The van der Waals surface area contributed by atoms with Crippen LogP contribution in [0.1, 0.15) is 40.5 Å². The van der Waals surface area contributed by atoms with Gasteiger partial charge in [0.05, 0.1) is 0 Å². The fourth-order valence-electron chi connectivity index (χ4n) is 2.10. The summed E-state index contributed by atoms with van der Waals surface area (Å²) in [5, 5.41) is 9.15. The van der Waals surface area contributed by atoms with E-state index >= 15 is 0 Å². The second-order valence-electron chi connectivity index (χ2n) is 5.12. The molecule has 13 heavy (non-hydrogen) atoms. The Balaban J connectivity index is 2.35. The lowest BCUT2D eigenvalue weighted by atomic mass is 9.94. The van der Waals surface area contributed by atoms with E-state index in [2.05, 4.69) is 33.8 Å². The van der Waals surface area contributed by atoms with Crippen LogP contribution in [0.3, 0.4) is 0 Å². The van der Waals surface area contributed by atoms with Gasteiger partial charge in [-0.2, -0.15) is 0 Å². The van der Waals surface area contributed by atoms with Crippen LogP contribution in [-0.4, -0.2) is 11.7 Å². The van der Waals surface area contributed by atoms with Crippen molar-refractivity contribution in [2.24, 2.45) is 17.3 Å². The first kappa shape index (κ1) is 10.8. The van der Waals surface area contributed by atoms with Gasteiger partial charge in [-0.25, -0.2) is 0 Å². The molecule has 0 aromatic rings. The zero-order valence-electron chi connectivity index (χ0n) is 9.30. The minimum atomic E-state index is 0.245. The summed E-state index contributed by atoms with van der Waals surface area (Å²) in [6.45, 7) is 9.13. The molecule has 76 valence electrons. The predicted octanol–water partition coefficient (Wildman–Crippen LogP) is 3.00. The van der Waals surface area contributed by atoms with Crippen molar-refractivity contribution < 1.29 is 5.11 Å². The molecule has 3 atom stereocenters. The molecule has 1 saturated carbocycles. The molecule has 0 saturated heterocycles. The largest absolute Gasteiger partial charge is 0.396 e. The maximum atomic E-state index is 9.15. The molecule has 0 amide bonds. The standard InChI is InChI=1S/C12H22O/c1-9(2)5-6-10(3)11-7-12(11,4)8-13/h5,10-11,13H,6-8H2,1-4H3. The van der Waals surface area contributed by atoms with Crippen molar-refractivity contribution in [2.45, 2.75) is 40.5 Å². The molecule has 0 heterocycles. The minimum Gasteiger partial charge on any atom is -0.396 e. The third-order valence-electron chi connectivity index (χ3n) is 3.37. The van der Waals surface area contributed by atoms with Gasteiger partial charge in [0, 0.05) is 6.61 Å². The molecule has 1 rings (SSSR count). The second-order valence-corrected chi connectivity index (χ2v) is 5.12. The molecule has 1 aliphatic carbocycles. The normalized spacial score (nSPS) is 34.1. The number of rotatable bonds is 4. The van der Waals surface area contributed by atoms with Crippen LogP contribution in [0.5, 0.6) is 0 Å². The number of aliphatic hydroxyl groups excluding tert-OH is 1. The maximum Gasteiger partial charge on any atom is 0.0487 e. The quantitative estimate of drug-likeness (QED) is 0.663. The van der Waals surface area contributed by atoms with Gasteiger partial charge in [0.2, 0.25) is 0 Å². The smallest absolute Gasteiger partial charge is 0.0487 e. The Morgan fingerprint density at radius 3 is 2.62 bits per heavy atom. The van der Waals surface area contributed by atoms with Gasteiger partial charge in [0.1, 0.15) is 0 Å². The summed E-state index contributed by atoms with van der Waals surface area (Å²) in [5.74, 6) is 1.47. The van der Waals surface area contributed by atoms with E-state index < -0.39 is 0 Å². The van der Waals surface area contributed by atoms with Crippen LogP contribution in [0.4, 0.5) is 0 Å². The van der Waals surface area contributed by atoms with E-state index in [4.69, 9.17) is 5.11 Å². The van der Waals surface area contributed by atoms with E-state index in [9.17, 15) is 0 Å². The molecule has 3 unspecified atom stereocenters. The van der Waals surface area contributed by atoms with Crippen molar-refractivity contribution in [1.29, 1.82) is 0 Å². The molecule has 1 N–H and O–H groups in total. The summed E-state index contributed by atoms with van der Waals surface area (Å²) < 4.78 is 0. The third-order valence-corrected chi connectivity index (χ3v) is 3.37. The van der Waals surface area contributed by atoms with Crippen LogP contribution in [0.15, 0.2) is 11.6 Å². The van der Waals surface area contributed by atoms with E-state index in [1.54, 1.807) is 0 Å². The van der Waals surface area contributed by atoms with E-state index in [0.29, 0.717) is 6.61 Å². The number of hydrogen-bond donors (Lipinski definition) is 1. The molecule has 1 heteroatoms. The van der Waals surface area contributed by atoms with E-state index in [1.807, 2.05) is 0 Å². The first-order valence-electron chi connectivity index (χ1n) is 5.24. The molecule has 0 aliphatic heterocycles. The van der Waals surface area contributed by atoms with Crippen LogP contribution in [-0.2, 0) is 0 Å². The highest BCUT2D eigenvalue weighted by atomic mass is 16.3. The van der Waals surface area contributed by atoms with Gasteiger partial charge in [0.15, 0.2) is 0 Å². The summed E-state index contributed by atoms with van der Waals surface area (Å²) in [6, 6.07) is 0. The zero-order valence-corrected chi connectivity index (χ0v) is 9.30. The molecule has 0 bridgehead atoms. The molecular formula is C12H22O. The Bertz CT molecular complexity index is 203. The van der Waals surface area contributed by atoms with Crippen molar-refractivity contribution in [1.82, 2.24) is 0 Å². The fraction of sp³-hybridized carbons (Fsp3) is 0.833. The summed E-state index contributed by atoms with van der Waals surface area (Å²) in [4.78, 5) is 0. The van der Waals surface area contributed by atoms with Crippen molar-refractivity contribution >= 4 is 0 Å². The molecule has 0 radical (unpaired) electrons. The first-order chi connectivity index (χ1) is 5.99. The summed E-state index contributed by atoms with van der Waals surface area (Å²) in [7, 11) is 0. The predicted molar refractivity (Wildman–Crippen MR) is 56.5 cm³/mol. The van der Waals surface area contributed by atoms with Gasteiger partial charge in [-0.05, 0) is 43.9 Å². The highest BCUT2D eigenvalue weighted by Gasteiger charge is 2.51. The Hall–Kier alpha value is -0.300. The number of hydrogen-bond acceptors (Lipinski definition) is 1. The molecule has 0 spiro atoms. The lowest BCUT2D eigenvalue weighted by molar-refractivity contribution is 0.201. The van der Waals surface area contributed by atoms with Gasteiger partial charge in [-0.1, -0.05) is 25.5 Å². The van der Waals surface area contributed by atoms with Crippen LogP contribution < -0.4 is 0 Å². The highest BCUT2D eigenvalue weighted by Crippen LogP contribution is 2.56. The zero-order chi connectivity index (χ0) is 10.1. The summed E-state index contributed by atoms with van der Waals surface area (Å²) in [5.41, 5.74) is 1.65. The Morgan fingerprint density at radius 1 is 1.62 bits per heavy atom. The molecule has 0 aromatic carbocycles. The van der Waals surface area contributed by atoms with Crippen LogP contribution >= 0.6 is 0 Å². The van der Waals surface area contributed by atoms with Crippen LogP contribution in [0, 0.1) is 17.3 Å². The topological polar surface area (TPSA) is 20.2 Å². The Morgan fingerprint density at radius 2 is 2.23 bits per heavy atom. The first-order valence-corrected chi connectivity index (χ1v) is 5.24. The SMILES string of the molecule is CC(C)=CCC(C)C1CC1(C)CO. The van der Waals surface area contributed by atoms with Gasteiger partial charge in [-0.15, -0.1) is 0 Å². The maximum absolute atomic E-state index is 9.15. The monoisotopic (exact) mass is 182 g/mol. The summed E-state index contributed by atoms with van der Waals surface area (Å²) in [6.07, 6.45) is 4.69.